The quantitative estimate of drug-likeness (QED) is 0.885. The van der Waals surface area contributed by atoms with Gasteiger partial charge in [-0.05, 0) is 48.6 Å². The van der Waals surface area contributed by atoms with Gasteiger partial charge < -0.3 is 16.0 Å². The number of para-hydroxylation sites is 1. The number of amides is 1. The number of benzene rings is 2. The maximum absolute atomic E-state index is 12.3. The minimum absolute atomic E-state index is 0.135. The molecule has 1 aliphatic heterocycles. The summed E-state index contributed by atoms with van der Waals surface area (Å²) in [5.41, 5.74) is 10.1. The first-order valence-corrected chi connectivity index (χ1v) is 8.24. The summed E-state index contributed by atoms with van der Waals surface area (Å²) in [6, 6.07) is 13.2. The molecule has 1 atom stereocenters. The molecule has 3 N–H and O–H groups in total. The van der Waals surface area contributed by atoms with Gasteiger partial charge >= 0.3 is 0 Å². The minimum Gasteiger partial charge on any atom is -0.338 e. The van der Waals surface area contributed by atoms with Crippen molar-refractivity contribution in [2.24, 2.45) is 5.73 Å². The molecule has 23 heavy (non-hydrogen) atoms. The van der Waals surface area contributed by atoms with Crippen molar-refractivity contribution in [2.75, 3.05) is 16.8 Å². The van der Waals surface area contributed by atoms with Crippen molar-refractivity contribution in [1.29, 1.82) is 0 Å². The van der Waals surface area contributed by atoms with Gasteiger partial charge in [0, 0.05) is 17.3 Å². The van der Waals surface area contributed by atoms with Gasteiger partial charge in [-0.3, -0.25) is 4.79 Å². The third kappa shape index (κ3) is 2.69. The van der Waals surface area contributed by atoms with Gasteiger partial charge in [0.25, 0.3) is 0 Å². The first kappa shape index (κ1) is 14.5. The molecular weight excluding hydrogens is 310 g/mol. The number of hydrogen-bond donors (Lipinski definition) is 2. The second-order valence-electron chi connectivity index (χ2n) is 6.20. The van der Waals surface area contributed by atoms with Gasteiger partial charge in [-0.25, -0.2) is 0 Å². The van der Waals surface area contributed by atoms with E-state index in [4.69, 9.17) is 17.3 Å². The molecule has 1 heterocycles. The Morgan fingerprint density at radius 1 is 1.17 bits per heavy atom. The van der Waals surface area contributed by atoms with E-state index in [-0.39, 0.29) is 5.91 Å². The second-order valence-corrected chi connectivity index (χ2v) is 6.64. The van der Waals surface area contributed by atoms with E-state index < -0.39 is 6.04 Å². The number of rotatable bonds is 2. The summed E-state index contributed by atoms with van der Waals surface area (Å²) < 4.78 is 0. The molecule has 4 nitrogen and oxygen atoms in total. The zero-order valence-corrected chi connectivity index (χ0v) is 13.4. The van der Waals surface area contributed by atoms with Crippen molar-refractivity contribution in [2.45, 2.75) is 24.8 Å². The Kier molecular flexibility index (Phi) is 3.51. The molecule has 0 radical (unpaired) electrons. The van der Waals surface area contributed by atoms with Crippen LogP contribution in [-0.2, 0) is 4.79 Å². The molecule has 0 aromatic heterocycles. The Bertz CT molecular complexity index is 773. The molecule has 1 aliphatic carbocycles. The fourth-order valence-corrected chi connectivity index (χ4v) is 3.32. The molecule has 5 heteroatoms. The molecule has 2 aromatic carbocycles. The van der Waals surface area contributed by atoms with E-state index >= 15 is 0 Å². The van der Waals surface area contributed by atoms with Gasteiger partial charge in [-0.15, -0.1) is 0 Å². The van der Waals surface area contributed by atoms with Crippen molar-refractivity contribution in [1.82, 2.24) is 0 Å². The largest absolute Gasteiger partial charge is 0.338 e. The van der Waals surface area contributed by atoms with Crippen LogP contribution in [0.2, 0.25) is 5.02 Å². The smallest absolute Gasteiger partial charge is 0.243 e. The van der Waals surface area contributed by atoms with Crippen molar-refractivity contribution in [3.8, 4) is 0 Å². The van der Waals surface area contributed by atoms with Crippen LogP contribution in [0, 0.1) is 0 Å². The molecule has 1 amide bonds. The summed E-state index contributed by atoms with van der Waals surface area (Å²) >= 11 is 6.15. The normalized spacial score (nSPS) is 20.7. The number of carbonyl (C=O) groups is 1. The molecule has 118 valence electrons. The maximum atomic E-state index is 12.3. The number of hydrogen-bond acceptors (Lipinski definition) is 3. The number of carbonyl (C=O) groups excluding carboxylic acids is 1. The number of nitrogens with two attached hydrogens (primary N) is 1. The Hall–Kier alpha value is -2.04. The average Bonchev–Trinajstić information content (AvgIpc) is 3.37. The first-order valence-electron chi connectivity index (χ1n) is 7.86. The highest BCUT2D eigenvalue weighted by molar-refractivity contribution is 6.30. The summed E-state index contributed by atoms with van der Waals surface area (Å²) in [4.78, 5) is 14.4. The SMILES string of the molecule is NC1CN(c2cccc(Cl)c2)c2cccc(C3CC3)c2NC1=O. The Morgan fingerprint density at radius 2 is 1.96 bits per heavy atom. The number of anilines is 3. The fraction of sp³-hybridized carbons (Fsp3) is 0.278. The third-order valence-electron chi connectivity index (χ3n) is 4.47. The zero-order chi connectivity index (χ0) is 16.0. The van der Waals surface area contributed by atoms with Crippen LogP contribution in [0.25, 0.3) is 0 Å². The van der Waals surface area contributed by atoms with Crippen LogP contribution in [0.1, 0.15) is 24.3 Å². The Morgan fingerprint density at radius 3 is 2.70 bits per heavy atom. The summed E-state index contributed by atoms with van der Waals surface area (Å²) in [7, 11) is 0. The van der Waals surface area contributed by atoms with E-state index in [9.17, 15) is 4.79 Å². The molecule has 2 aromatic rings. The summed E-state index contributed by atoms with van der Waals surface area (Å²) in [6.07, 6.45) is 2.35. The molecule has 0 bridgehead atoms. The predicted molar refractivity (Wildman–Crippen MR) is 93.5 cm³/mol. The number of halogens is 1. The van der Waals surface area contributed by atoms with E-state index in [0.29, 0.717) is 17.5 Å². The van der Waals surface area contributed by atoms with Crippen LogP contribution >= 0.6 is 11.6 Å². The molecule has 1 fully saturated rings. The topological polar surface area (TPSA) is 58.4 Å². The average molecular weight is 328 g/mol. The fourth-order valence-electron chi connectivity index (χ4n) is 3.14. The molecule has 2 aliphatic rings. The summed E-state index contributed by atoms with van der Waals surface area (Å²) in [6.45, 7) is 0.424. The lowest BCUT2D eigenvalue weighted by Gasteiger charge is -2.26. The van der Waals surface area contributed by atoms with E-state index in [1.165, 1.54) is 18.4 Å². The highest BCUT2D eigenvalue weighted by Crippen LogP contribution is 2.47. The van der Waals surface area contributed by atoms with Gasteiger partial charge in [0.2, 0.25) is 5.91 Å². The summed E-state index contributed by atoms with van der Waals surface area (Å²) in [5, 5.41) is 3.70. The Balaban J connectivity index is 1.87. The minimum atomic E-state index is -0.589. The van der Waals surface area contributed by atoms with Crippen LogP contribution < -0.4 is 16.0 Å². The highest BCUT2D eigenvalue weighted by Gasteiger charge is 2.32. The third-order valence-corrected chi connectivity index (χ3v) is 4.70. The van der Waals surface area contributed by atoms with Gasteiger partial charge in [0.1, 0.15) is 6.04 Å². The second kappa shape index (κ2) is 5.55. The van der Waals surface area contributed by atoms with Crippen molar-refractivity contribution in [3.63, 3.8) is 0 Å². The lowest BCUT2D eigenvalue weighted by molar-refractivity contribution is -0.117. The standard InChI is InChI=1S/C18H18ClN3O/c19-12-3-1-4-13(9-12)22-10-15(20)18(23)21-17-14(11-7-8-11)5-2-6-16(17)22/h1-6,9,11,15H,7-8,10,20H2,(H,21,23). The molecule has 1 unspecified atom stereocenters. The van der Waals surface area contributed by atoms with Gasteiger partial charge in [0.15, 0.2) is 0 Å². The van der Waals surface area contributed by atoms with Gasteiger partial charge in [0.05, 0.1) is 11.4 Å². The molecule has 4 rings (SSSR count). The molecule has 1 saturated carbocycles. The van der Waals surface area contributed by atoms with Gasteiger partial charge in [-0.1, -0.05) is 29.8 Å². The predicted octanol–water partition coefficient (Wildman–Crippen LogP) is 3.63. The van der Waals surface area contributed by atoms with Crippen molar-refractivity contribution in [3.05, 3.63) is 53.1 Å². The zero-order valence-electron chi connectivity index (χ0n) is 12.6. The van der Waals surface area contributed by atoms with Crippen molar-refractivity contribution < 1.29 is 4.79 Å². The van der Waals surface area contributed by atoms with Crippen LogP contribution in [0.3, 0.4) is 0 Å². The van der Waals surface area contributed by atoms with E-state index in [0.717, 1.165) is 17.1 Å². The molecule has 0 spiro atoms. The number of fused-ring (bicyclic) bond motifs is 1. The van der Waals surface area contributed by atoms with E-state index in [1.54, 1.807) is 0 Å². The maximum Gasteiger partial charge on any atom is 0.243 e. The van der Waals surface area contributed by atoms with Crippen molar-refractivity contribution >= 4 is 34.6 Å². The van der Waals surface area contributed by atoms with Gasteiger partial charge in [-0.2, -0.15) is 0 Å². The Labute approximate surface area is 140 Å². The summed E-state index contributed by atoms with van der Waals surface area (Å²) in [5.74, 6) is 0.407. The number of nitrogens with one attached hydrogen (secondary N) is 1. The lowest BCUT2D eigenvalue weighted by Crippen LogP contribution is -2.41. The number of nitrogens with zero attached hydrogens (tertiary/aromatic N) is 1. The van der Waals surface area contributed by atoms with Crippen LogP contribution in [0.4, 0.5) is 17.1 Å². The van der Waals surface area contributed by atoms with Crippen LogP contribution in [0.5, 0.6) is 0 Å². The lowest BCUT2D eigenvalue weighted by atomic mass is 10.1. The van der Waals surface area contributed by atoms with E-state index in [2.05, 4.69) is 16.3 Å². The first-order chi connectivity index (χ1) is 11.1. The van der Waals surface area contributed by atoms with Crippen LogP contribution in [0.15, 0.2) is 42.5 Å². The molecular formula is C18H18ClN3O. The van der Waals surface area contributed by atoms with E-state index in [1.807, 2.05) is 36.4 Å². The highest BCUT2D eigenvalue weighted by atomic mass is 35.5. The van der Waals surface area contributed by atoms with Crippen LogP contribution in [-0.4, -0.2) is 18.5 Å². The molecule has 0 saturated heterocycles. The monoisotopic (exact) mass is 327 g/mol.